The molecule has 0 aromatic carbocycles. The van der Waals surface area contributed by atoms with Gasteiger partial charge in [-0.1, -0.05) is 0 Å². The van der Waals surface area contributed by atoms with Crippen LogP contribution < -0.4 is 16.6 Å². The second-order valence-electron chi connectivity index (χ2n) is 7.90. The molecule has 4 rings (SSSR count). The molecular formula is C20H26N4O6S. The second-order valence-corrected chi connectivity index (χ2v) is 8.98. The monoisotopic (exact) mass is 450 g/mol. The SMILES string of the molecule is COCCn1c(=O)n([C@H]2C[C@H](OC)C2)c(=O)c2c(C)c(CN3CCNC(=O)C3=O)sc21. The summed E-state index contributed by atoms with van der Waals surface area (Å²) < 4.78 is 13.4. The molecule has 2 aromatic heterocycles. The number of nitrogens with zero attached hydrogens (tertiary/aromatic N) is 3. The van der Waals surface area contributed by atoms with Gasteiger partial charge in [-0.2, -0.15) is 0 Å². The predicted molar refractivity (Wildman–Crippen MR) is 114 cm³/mol. The molecule has 0 atom stereocenters. The molecule has 2 amide bonds. The molecule has 1 aliphatic heterocycles. The van der Waals surface area contributed by atoms with Gasteiger partial charge in [0.05, 0.1) is 31.2 Å². The van der Waals surface area contributed by atoms with E-state index in [1.54, 1.807) is 18.8 Å². The van der Waals surface area contributed by atoms with Gasteiger partial charge in [-0.15, -0.1) is 11.3 Å². The largest absolute Gasteiger partial charge is 0.383 e. The molecule has 0 radical (unpaired) electrons. The highest BCUT2D eigenvalue weighted by molar-refractivity contribution is 7.18. The molecule has 2 aromatic rings. The zero-order valence-corrected chi connectivity index (χ0v) is 18.6. The van der Waals surface area contributed by atoms with E-state index in [2.05, 4.69) is 5.32 Å². The Morgan fingerprint density at radius 3 is 2.58 bits per heavy atom. The quantitative estimate of drug-likeness (QED) is 0.594. The molecule has 1 aliphatic carbocycles. The van der Waals surface area contributed by atoms with Crippen LogP contribution in [0.25, 0.3) is 10.2 Å². The zero-order chi connectivity index (χ0) is 22.3. The number of methoxy groups -OCH3 is 2. The van der Waals surface area contributed by atoms with E-state index in [4.69, 9.17) is 9.47 Å². The van der Waals surface area contributed by atoms with Crippen LogP contribution in [-0.2, 0) is 32.2 Å². The lowest BCUT2D eigenvalue weighted by Gasteiger charge is -2.35. The van der Waals surface area contributed by atoms with E-state index in [1.807, 2.05) is 6.92 Å². The van der Waals surface area contributed by atoms with E-state index in [9.17, 15) is 19.2 Å². The number of nitrogens with one attached hydrogen (secondary N) is 1. The number of carbonyl (C=O) groups excluding carboxylic acids is 2. The molecule has 11 heteroatoms. The van der Waals surface area contributed by atoms with Crippen LogP contribution in [-0.4, -0.2) is 65.9 Å². The van der Waals surface area contributed by atoms with Gasteiger partial charge in [0.15, 0.2) is 0 Å². The number of aromatic nitrogens is 2. The summed E-state index contributed by atoms with van der Waals surface area (Å²) in [5.41, 5.74) is 0.0811. The molecule has 1 saturated heterocycles. The summed E-state index contributed by atoms with van der Waals surface area (Å²) in [5, 5.41) is 3.02. The van der Waals surface area contributed by atoms with Gasteiger partial charge in [0, 0.05) is 38.2 Å². The van der Waals surface area contributed by atoms with Crippen molar-refractivity contribution in [2.45, 2.75) is 45.0 Å². The van der Waals surface area contributed by atoms with Crippen molar-refractivity contribution in [2.75, 3.05) is 33.9 Å². The van der Waals surface area contributed by atoms with Gasteiger partial charge < -0.3 is 19.7 Å². The van der Waals surface area contributed by atoms with Gasteiger partial charge in [-0.25, -0.2) is 4.79 Å². The maximum absolute atomic E-state index is 13.4. The van der Waals surface area contributed by atoms with Crippen LogP contribution in [0.5, 0.6) is 0 Å². The minimum Gasteiger partial charge on any atom is -0.383 e. The van der Waals surface area contributed by atoms with E-state index in [0.717, 1.165) is 10.4 Å². The number of ether oxygens (including phenoxy) is 2. The first kappa shape index (κ1) is 21.7. The maximum atomic E-state index is 13.4. The Morgan fingerprint density at radius 2 is 1.90 bits per heavy atom. The van der Waals surface area contributed by atoms with Crippen molar-refractivity contribution in [1.29, 1.82) is 0 Å². The fourth-order valence-corrected chi connectivity index (χ4v) is 5.48. The molecule has 0 bridgehead atoms. The number of amides is 2. The third-order valence-electron chi connectivity index (χ3n) is 6.11. The lowest BCUT2D eigenvalue weighted by atomic mass is 9.89. The first-order valence-electron chi connectivity index (χ1n) is 10.2. The molecule has 2 fully saturated rings. The van der Waals surface area contributed by atoms with Crippen LogP contribution in [0.1, 0.15) is 29.3 Å². The summed E-state index contributed by atoms with van der Waals surface area (Å²) in [7, 11) is 3.19. The Labute approximate surface area is 182 Å². The average molecular weight is 451 g/mol. The fraction of sp³-hybridized carbons (Fsp3) is 0.600. The van der Waals surface area contributed by atoms with E-state index in [-0.39, 0.29) is 29.9 Å². The van der Waals surface area contributed by atoms with Crippen LogP contribution in [0.15, 0.2) is 9.59 Å². The number of carbonyl (C=O) groups is 2. The Hall–Kier alpha value is -2.50. The maximum Gasteiger partial charge on any atom is 0.332 e. The summed E-state index contributed by atoms with van der Waals surface area (Å²) >= 11 is 1.32. The molecule has 168 valence electrons. The first-order valence-corrected chi connectivity index (χ1v) is 11.0. The van der Waals surface area contributed by atoms with Gasteiger partial charge in [0.1, 0.15) is 4.83 Å². The highest BCUT2D eigenvalue weighted by atomic mass is 32.1. The van der Waals surface area contributed by atoms with E-state index < -0.39 is 11.8 Å². The molecule has 1 N–H and O–H groups in total. The molecule has 0 unspecified atom stereocenters. The van der Waals surface area contributed by atoms with Crippen LogP contribution >= 0.6 is 11.3 Å². The summed E-state index contributed by atoms with van der Waals surface area (Å²) in [6, 6.07) is -0.196. The Kier molecular flexibility index (Phi) is 6.00. The number of rotatable bonds is 7. The van der Waals surface area contributed by atoms with Gasteiger partial charge in [-0.05, 0) is 25.3 Å². The number of hydrogen-bond donors (Lipinski definition) is 1. The molecule has 0 spiro atoms. The average Bonchev–Trinajstić information content (AvgIpc) is 3.03. The minimum atomic E-state index is -0.623. The van der Waals surface area contributed by atoms with Crippen LogP contribution in [0.3, 0.4) is 0 Å². The third-order valence-corrected chi connectivity index (χ3v) is 7.41. The predicted octanol–water partition coefficient (Wildman–Crippen LogP) is -0.0122. The molecule has 2 aliphatic rings. The zero-order valence-electron chi connectivity index (χ0n) is 17.8. The summed E-state index contributed by atoms with van der Waals surface area (Å²) in [4.78, 5) is 53.4. The van der Waals surface area contributed by atoms with Crippen molar-refractivity contribution in [3.8, 4) is 0 Å². The van der Waals surface area contributed by atoms with Crippen molar-refractivity contribution in [2.24, 2.45) is 0 Å². The smallest absolute Gasteiger partial charge is 0.332 e. The Morgan fingerprint density at radius 1 is 1.16 bits per heavy atom. The highest BCUT2D eigenvalue weighted by Gasteiger charge is 2.34. The first-order chi connectivity index (χ1) is 14.9. The lowest BCUT2D eigenvalue weighted by Crippen LogP contribution is -2.51. The van der Waals surface area contributed by atoms with E-state index in [1.165, 1.54) is 20.8 Å². The van der Waals surface area contributed by atoms with E-state index >= 15 is 0 Å². The third kappa shape index (κ3) is 3.70. The number of aryl methyl sites for hydroxylation is 1. The van der Waals surface area contributed by atoms with Crippen molar-refractivity contribution >= 4 is 33.4 Å². The fourth-order valence-electron chi connectivity index (χ4n) is 4.15. The lowest BCUT2D eigenvalue weighted by molar-refractivity contribution is -0.148. The van der Waals surface area contributed by atoms with Gasteiger partial charge in [0.2, 0.25) is 0 Å². The topological polar surface area (TPSA) is 112 Å². The molecular weight excluding hydrogens is 424 g/mol. The Bertz CT molecular complexity index is 1140. The van der Waals surface area contributed by atoms with Crippen LogP contribution in [0.2, 0.25) is 0 Å². The number of hydrogen-bond acceptors (Lipinski definition) is 7. The van der Waals surface area contributed by atoms with Crippen LogP contribution in [0.4, 0.5) is 0 Å². The highest BCUT2D eigenvalue weighted by Crippen LogP contribution is 2.34. The van der Waals surface area contributed by atoms with Crippen molar-refractivity contribution in [1.82, 2.24) is 19.4 Å². The van der Waals surface area contributed by atoms with E-state index in [0.29, 0.717) is 49.3 Å². The Balaban J connectivity index is 1.81. The minimum absolute atomic E-state index is 0.0508. The number of thiophene rings is 1. The molecule has 31 heavy (non-hydrogen) atoms. The van der Waals surface area contributed by atoms with Gasteiger partial charge in [0.25, 0.3) is 5.56 Å². The van der Waals surface area contributed by atoms with Crippen molar-refractivity contribution in [3.63, 3.8) is 0 Å². The van der Waals surface area contributed by atoms with Gasteiger partial charge >= 0.3 is 17.5 Å². The molecule has 10 nitrogen and oxygen atoms in total. The van der Waals surface area contributed by atoms with Crippen molar-refractivity contribution in [3.05, 3.63) is 31.3 Å². The second kappa shape index (κ2) is 8.56. The number of piperazine rings is 1. The van der Waals surface area contributed by atoms with Crippen molar-refractivity contribution < 1.29 is 19.1 Å². The standard InChI is InChI=1S/C20H26N4O6S/c1-11-14(10-22-5-4-21-16(25)18(22)27)31-19-15(11)17(26)24(12-8-13(9-12)30-3)20(28)23(19)6-7-29-2/h12-13H,4-10H2,1-3H3,(H,21,25)/t12-,13-. The summed E-state index contributed by atoms with van der Waals surface area (Å²) in [5.74, 6) is -1.21. The molecule has 3 heterocycles. The van der Waals surface area contributed by atoms with Gasteiger partial charge in [-0.3, -0.25) is 23.5 Å². The summed E-state index contributed by atoms with van der Waals surface area (Å²) in [6.07, 6.45) is 1.29. The van der Waals surface area contributed by atoms with Crippen LogP contribution in [0, 0.1) is 6.92 Å². The normalized spacial score (nSPS) is 21.5. The summed E-state index contributed by atoms with van der Waals surface area (Å²) in [6.45, 7) is 3.50. The number of fused-ring (bicyclic) bond motifs is 1. The molecule has 1 saturated carbocycles.